The Morgan fingerprint density at radius 3 is 2.50 bits per heavy atom. The lowest BCUT2D eigenvalue weighted by atomic mass is 10.2. The third-order valence-electron chi connectivity index (χ3n) is 4.15. The summed E-state index contributed by atoms with van der Waals surface area (Å²) in [6.07, 6.45) is 0. The second kappa shape index (κ2) is 5.62. The van der Waals surface area contributed by atoms with E-state index in [4.69, 9.17) is 4.74 Å². The first-order valence-electron chi connectivity index (χ1n) is 7.25. The number of nitrogens with one attached hydrogen (secondary N) is 2. The Morgan fingerprint density at radius 2 is 1.86 bits per heavy atom. The van der Waals surface area contributed by atoms with Crippen molar-refractivity contribution in [2.45, 2.75) is 17.9 Å². The second-order valence-electron chi connectivity index (χ2n) is 5.85. The summed E-state index contributed by atoms with van der Waals surface area (Å²) in [7, 11) is -3.70. The molecular weight excluding hydrogens is 306 g/mol. The van der Waals surface area contributed by atoms with Crippen LogP contribution in [0.25, 0.3) is 0 Å². The number of aryl methyl sites for hydroxylation is 1. The van der Waals surface area contributed by atoms with Gasteiger partial charge in [0.15, 0.2) is 6.04 Å². The quantitative estimate of drug-likeness (QED) is 0.736. The van der Waals surface area contributed by atoms with Gasteiger partial charge < -0.3 is 4.74 Å². The largest absolute Gasteiger partial charge is 0.370 e. The molecule has 8 heteroatoms. The molecule has 2 N–H and O–H groups in total. The summed E-state index contributed by atoms with van der Waals surface area (Å²) in [5.41, 5.74) is 3.88. The van der Waals surface area contributed by atoms with Crippen molar-refractivity contribution >= 4 is 15.9 Å². The fraction of sp³-hybridized carbons (Fsp3) is 0.500. The molecule has 0 aromatic heterocycles. The monoisotopic (exact) mass is 326 g/mol. The highest BCUT2D eigenvalue weighted by molar-refractivity contribution is 7.89. The average Bonchev–Trinajstić information content (AvgIpc) is 2.75. The Hall–Kier alpha value is -1.48. The van der Waals surface area contributed by atoms with Gasteiger partial charge in [-0.15, -0.1) is 0 Å². The van der Waals surface area contributed by atoms with E-state index in [1.807, 2.05) is 6.92 Å². The van der Waals surface area contributed by atoms with Gasteiger partial charge in [-0.3, -0.25) is 4.79 Å². The lowest BCUT2D eigenvalue weighted by molar-refractivity contribution is -0.959. The molecule has 7 nitrogen and oxygen atoms in total. The van der Waals surface area contributed by atoms with Crippen LogP contribution < -0.4 is 10.1 Å². The van der Waals surface area contributed by atoms with Crippen molar-refractivity contribution in [3.05, 3.63) is 29.8 Å². The van der Waals surface area contributed by atoms with Gasteiger partial charge in [-0.1, -0.05) is 17.7 Å². The molecule has 120 valence electrons. The van der Waals surface area contributed by atoms with Crippen LogP contribution in [0.2, 0.25) is 0 Å². The molecule has 3 rings (SSSR count). The van der Waals surface area contributed by atoms with Crippen LogP contribution in [-0.2, 0) is 19.6 Å². The van der Waals surface area contributed by atoms with Crippen molar-refractivity contribution < 1.29 is 22.5 Å². The molecule has 2 aliphatic rings. The highest BCUT2D eigenvalue weighted by atomic mass is 32.2. The summed E-state index contributed by atoms with van der Waals surface area (Å²) in [5, 5.41) is 0. The van der Waals surface area contributed by atoms with Crippen LogP contribution in [-0.4, -0.2) is 57.8 Å². The molecular formula is C14H20N3O4S+. The molecule has 1 aromatic carbocycles. The van der Waals surface area contributed by atoms with E-state index in [1.165, 1.54) is 0 Å². The zero-order chi connectivity index (χ0) is 15.8. The maximum Gasteiger partial charge on any atom is 0.289 e. The predicted octanol–water partition coefficient (Wildman–Crippen LogP) is -0.466. The molecule has 0 radical (unpaired) electrons. The number of benzene rings is 1. The molecule has 0 aliphatic carbocycles. The molecule has 2 fully saturated rings. The van der Waals surface area contributed by atoms with Crippen LogP contribution in [0.4, 0.5) is 0 Å². The number of morpholine rings is 1. The fourth-order valence-electron chi connectivity index (χ4n) is 2.84. The van der Waals surface area contributed by atoms with E-state index in [0.717, 1.165) is 5.56 Å². The van der Waals surface area contributed by atoms with Gasteiger partial charge >= 0.3 is 0 Å². The van der Waals surface area contributed by atoms with Gasteiger partial charge in [0.2, 0.25) is 10.0 Å². The van der Waals surface area contributed by atoms with Crippen molar-refractivity contribution in [3.8, 4) is 0 Å². The third kappa shape index (κ3) is 3.00. The molecule has 1 unspecified atom stereocenters. The molecule has 1 amide bonds. The lowest BCUT2D eigenvalue weighted by Crippen LogP contribution is -2.60. The number of hydrogen-bond acceptors (Lipinski definition) is 4. The number of rotatable bonds is 3. The van der Waals surface area contributed by atoms with Crippen LogP contribution >= 0.6 is 0 Å². The first-order chi connectivity index (χ1) is 10.4. The van der Waals surface area contributed by atoms with Gasteiger partial charge in [-0.05, 0) is 19.1 Å². The molecule has 1 spiro atoms. The Bertz CT molecular complexity index is 666. The topological polar surface area (TPSA) is 84.5 Å². The van der Waals surface area contributed by atoms with Crippen LogP contribution in [0.1, 0.15) is 5.56 Å². The van der Waals surface area contributed by atoms with Crippen LogP contribution in [0.3, 0.4) is 0 Å². The van der Waals surface area contributed by atoms with E-state index in [-0.39, 0.29) is 10.8 Å². The smallest absolute Gasteiger partial charge is 0.289 e. The molecule has 1 aromatic rings. The normalized spacial score (nSPS) is 24.4. The zero-order valence-corrected chi connectivity index (χ0v) is 13.2. The van der Waals surface area contributed by atoms with E-state index in [1.54, 1.807) is 24.3 Å². The highest BCUT2D eigenvalue weighted by Crippen LogP contribution is 2.17. The van der Waals surface area contributed by atoms with Crippen molar-refractivity contribution in [2.24, 2.45) is 0 Å². The van der Waals surface area contributed by atoms with E-state index >= 15 is 0 Å². The third-order valence-corrected chi connectivity index (χ3v) is 5.64. The molecule has 0 bridgehead atoms. The molecule has 22 heavy (non-hydrogen) atoms. The summed E-state index contributed by atoms with van der Waals surface area (Å²) < 4.78 is 33.0. The summed E-state index contributed by atoms with van der Waals surface area (Å²) in [6, 6.07) is 5.82. The minimum Gasteiger partial charge on any atom is -0.370 e. The molecule has 2 heterocycles. The number of carbonyl (C=O) groups excluding carboxylic acids is 1. The van der Waals surface area contributed by atoms with Crippen LogP contribution in [0, 0.1) is 6.92 Å². The zero-order valence-electron chi connectivity index (χ0n) is 12.4. The standard InChI is InChI=1S/C14H19N3O4S/c1-11-2-4-12(5-3-11)22(19,20)16-13-10-17(15-14(13)18)6-8-21-9-7-17/h2-5,13,16H,6-10H2,1H3/p+1. The maximum absolute atomic E-state index is 12.4. The first kappa shape index (κ1) is 15.4. The van der Waals surface area contributed by atoms with Gasteiger partial charge in [0, 0.05) is 0 Å². The summed E-state index contributed by atoms with van der Waals surface area (Å²) in [6.45, 7) is 4.76. The maximum atomic E-state index is 12.4. The van der Waals surface area contributed by atoms with E-state index in [0.29, 0.717) is 37.4 Å². The number of nitrogens with zero attached hydrogens (tertiary/aromatic N) is 1. The molecule has 2 aliphatic heterocycles. The second-order valence-corrected chi connectivity index (χ2v) is 7.56. The SMILES string of the molecule is Cc1ccc(S(=O)(=O)NC2C[N+]3(CCOCC3)NC2=O)cc1. The number of quaternary nitrogens is 1. The lowest BCUT2D eigenvalue weighted by Gasteiger charge is -2.35. The van der Waals surface area contributed by atoms with Gasteiger partial charge in [0.05, 0.1) is 18.1 Å². The van der Waals surface area contributed by atoms with Crippen LogP contribution in [0.15, 0.2) is 29.2 Å². The number of sulfonamides is 1. The summed E-state index contributed by atoms with van der Waals surface area (Å²) in [5.74, 6) is -0.280. The van der Waals surface area contributed by atoms with E-state index in [2.05, 4.69) is 10.1 Å². The molecule has 2 saturated heterocycles. The van der Waals surface area contributed by atoms with Gasteiger partial charge in [-0.2, -0.15) is 4.72 Å². The van der Waals surface area contributed by atoms with E-state index in [9.17, 15) is 13.2 Å². The minimum absolute atomic E-state index is 0.173. The molecule has 1 atom stereocenters. The Labute approximate surface area is 129 Å². The van der Waals surface area contributed by atoms with Gasteiger partial charge in [0.1, 0.15) is 19.6 Å². The predicted molar refractivity (Wildman–Crippen MR) is 79.1 cm³/mol. The fourth-order valence-corrected chi connectivity index (χ4v) is 4.03. The van der Waals surface area contributed by atoms with E-state index < -0.39 is 16.1 Å². The number of carbonyl (C=O) groups is 1. The number of hydrogen-bond donors (Lipinski definition) is 2. The Kier molecular flexibility index (Phi) is 3.94. The number of ether oxygens (including phenoxy) is 1. The van der Waals surface area contributed by atoms with Crippen molar-refractivity contribution in [1.82, 2.24) is 10.1 Å². The Morgan fingerprint density at radius 1 is 1.23 bits per heavy atom. The summed E-state index contributed by atoms with van der Waals surface area (Å²) >= 11 is 0. The first-order valence-corrected chi connectivity index (χ1v) is 8.74. The van der Waals surface area contributed by atoms with Crippen LogP contribution in [0.5, 0.6) is 0 Å². The van der Waals surface area contributed by atoms with Gasteiger partial charge in [-0.25, -0.2) is 18.4 Å². The van der Waals surface area contributed by atoms with Gasteiger partial charge in [0.25, 0.3) is 5.91 Å². The summed E-state index contributed by atoms with van der Waals surface area (Å²) in [4.78, 5) is 12.3. The highest BCUT2D eigenvalue weighted by Gasteiger charge is 2.47. The number of amides is 1. The van der Waals surface area contributed by atoms with Crippen molar-refractivity contribution in [3.63, 3.8) is 0 Å². The molecule has 0 saturated carbocycles. The van der Waals surface area contributed by atoms with Crippen molar-refractivity contribution in [2.75, 3.05) is 32.8 Å². The minimum atomic E-state index is -3.70. The average molecular weight is 326 g/mol. The van der Waals surface area contributed by atoms with Crippen molar-refractivity contribution in [1.29, 1.82) is 0 Å². The Balaban J connectivity index is 1.75.